The summed E-state index contributed by atoms with van der Waals surface area (Å²) >= 11 is 7.61. The highest BCUT2D eigenvalue weighted by Gasteiger charge is 2.27. The minimum absolute atomic E-state index is 0.131. The summed E-state index contributed by atoms with van der Waals surface area (Å²) in [6, 6.07) is 8.90. The van der Waals surface area contributed by atoms with Crippen LogP contribution in [0.5, 0.6) is 0 Å². The molecule has 1 unspecified atom stereocenters. The summed E-state index contributed by atoms with van der Waals surface area (Å²) < 4.78 is 7.14. The molecule has 0 saturated heterocycles. The number of hydrogen-bond donors (Lipinski definition) is 2. The Morgan fingerprint density at radius 1 is 1.40 bits per heavy atom. The number of nitrogens with zero attached hydrogens (tertiary/aromatic N) is 4. The van der Waals surface area contributed by atoms with Crippen LogP contribution in [0.15, 0.2) is 33.8 Å². The zero-order valence-electron chi connectivity index (χ0n) is 16.8. The molecule has 156 valence electrons. The van der Waals surface area contributed by atoms with Gasteiger partial charge in [0.15, 0.2) is 5.16 Å². The summed E-state index contributed by atoms with van der Waals surface area (Å²) in [5, 5.41) is 21.3. The number of nitriles is 1. The molecule has 2 aromatic heterocycles. The molecule has 0 radical (unpaired) electrons. The minimum Gasteiger partial charge on any atom is -0.444 e. The van der Waals surface area contributed by atoms with E-state index in [-0.39, 0.29) is 17.7 Å². The second kappa shape index (κ2) is 9.24. The van der Waals surface area contributed by atoms with Crippen molar-refractivity contribution >= 4 is 41.1 Å². The van der Waals surface area contributed by atoms with Crippen molar-refractivity contribution in [2.75, 3.05) is 11.1 Å². The molecule has 10 heteroatoms. The van der Waals surface area contributed by atoms with Crippen molar-refractivity contribution in [3.05, 3.63) is 51.7 Å². The molecular weight excluding hydrogens is 424 g/mol. The lowest BCUT2D eigenvalue weighted by Crippen LogP contribution is -2.27. The topological polar surface area (TPSA) is 123 Å². The van der Waals surface area contributed by atoms with Gasteiger partial charge in [0, 0.05) is 16.3 Å². The summed E-state index contributed by atoms with van der Waals surface area (Å²) in [5.41, 5.74) is 7.97. The fourth-order valence-corrected chi connectivity index (χ4v) is 4.24. The summed E-state index contributed by atoms with van der Waals surface area (Å²) in [4.78, 5) is 13.0. The number of rotatable bonds is 7. The molecule has 0 fully saturated rings. The van der Waals surface area contributed by atoms with Gasteiger partial charge in [0.25, 0.3) is 0 Å². The van der Waals surface area contributed by atoms with Crippen molar-refractivity contribution in [1.29, 1.82) is 5.26 Å². The lowest BCUT2D eigenvalue weighted by Gasteiger charge is -2.18. The predicted molar refractivity (Wildman–Crippen MR) is 116 cm³/mol. The van der Waals surface area contributed by atoms with Crippen LogP contribution >= 0.6 is 23.4 Å². The van der Waals surface area contributed by atoms with Crippen molar-refractivity contribution in [2.45, 2.75) is 44.1 Å². The number of anilines is 2. The molecule has 0 spiro atoms. The molecule has 30 heavy (non-hydrogen) atoms. The molecule has 3 N–H and O–H groups in total. The molecule has 1 aromatic carbocycles. The maximum absolute atomic E-state index is 13.0. The van der Waals surface area contributed by atoms with Crippen LogP contribution in [0.2, 0.25) is 5.02 Å². The van der Waals surface area contributed by atoms with Gasteiger partial charge in [0.05, 0.1) is 0 Å². The normalized spacial score (nSPS) is 11.8. The van der Waals surface area contributed by atoms with Crippen molar-refractivity contribution in [3.8, 4) is 6.07 Å². The maximum atomic E-state index is 13.0. The SMILES string of the molecule is CCC(C(=O)Nc1oc(C)c(C)c1C#N)n1c(N)nnc1SCc1ccccc1Cl. The Bertz CT molecular complexity index is 1120. The zero-order chi connectivity index (χ0) is 21.8. The first-order valence-electron chi connectivity index (χ1n) is 9.24. The molecular formula is C20H21ClN6O2S. The van der Waals surface area contributed by atoms with Gasteiger partial charge < -0.3 is 10.2 Å². The number of aromatic nitrogens is 3. The quantitative estimate of drug-likeness (QED) is 0.515. The highest BCUT2D eigenvalue weighted by atomic mass is 35.5. The summed E-state index contributed by atoms with van der Waals surface area (Å²) in [7, 11) is 0. The van der Waals surface area contributed by atoms with E-state index in [0.29, 0.717) is 39.2 Å². The molecule has 0 aliphatic heterocycles. The smallest absolute Gasteiger partial charge is 0.249 e. The second-order valence-electron chi connectivity index (χ2n) is 6.60. The average Bonchev–Trinajstić information content (AvgIpc) is 3.21. The van der Waals surface area contributed by atoms with Gasteiger partial charge >= 0.3 is 0 Å². The highest BCUT2D eigenvalue weighted by Crippen LogP contribution is 2.31. The van der Waals surface area contributed by atoms with Crippen LogP contribution in [0.25, 0.3) is 0 Å². The third-order valence-corrected chi connectivity index (χ3v) is 6.10. The number of carbonyl (C=O) groups excluding carboxylic acids is 1. The van der Waals surface area contributed by atoms with E-state index in [4.69, 9.17) is 21.8 Å². The van der Waals surface area contributed by atoms with E-state index in [1.54, 1.807) is 18.4 Å². The van der Waals surface area contributed by atoms with E-state index in [2.05, 4.69) is 21.6 Å². The Labute approximate surface area is 183 Å². The van der Waals surface area contributed by atoms with Crippen molar-refractivity contribution < 1.29 is 9.21 Å². The number of nitrogens with two attached hydrogens (primary N) is 1. The van der Waals surface area contributed by atoms with Gasteiger partial charge in [-0.25, -0.2) is 0 Å². The lowest BCUT2D eigenvalue weighted by molar-refractivity contribution is -0.119. The van der Waals surface area contributed by atoms with E-state index < -0.39 is 6.04 Å². The Kier molecular flexibility index (Phi) is 6.70. The highest BCUT2D eigenvalue weighted by molar-refractivity contribution is 7.98. The monoisotopic (exact) mass is 444 g/mol. The van der Waals surface area contributed by atoms with Gasteiger partial charge in [-0.05, 0) is 31.9 Å². The predicted octanol–water partition coefficient (Wildman–Crippen LogP) is 4.48. The number of nitrogen functional groups attached to an aromatic ring is 1. The Morgan fingerprint density at radius 2 is 2.13 bits per heavy atom. The number of benzene rings is 1. The van der Waals surface area contributed by atoms with Crippen LogP contribution in [0.1, 0.15) is 41.8 Å². The lowest BCUT2D eigenvalue weighted by atomic mass is 10.1. The number of aryl methyl sites for hydroxylation is 1. The van der Waals surface area contributed by atoms with Crippen LogP contribution in [-0.2, 0) is 10.5 Å². The molecule has 3 aromatic rings. The fraction of sp³-hybridized carbons (Fsp3) is 0.300. The molecule has 1 amide bonds. The number of thioether (sulfide) groups is 1. The Balaban J connectivity index is 1.84. The molecule has 2 heterocycles. The van der Waals surface area contributed by atoms with Crippen molar-refractivity contribution in [3.63, 3.8) is 0 Å². The number of furan rings is 1. The minimum atomic E-state index is -0.675. The maximum Gasteiger partial charge on any atom is 0.249 e. The van der Waals surface area contributed by atoms with Gasteiger partial charge in [0.1, 0.15) is 23.4 Å². The first-order valence-corrected chi connectivity index (χ1v) is 10.6. The van der Waals surface area contributed by atoms with Crippen molar-refractivity contribution in [2.24, 2.45) is 0 Å². The van der Waals surface area contributed by atoms with Gasteiger partial charge in [-0.1, -0.05) is 48.5 Å². The zero-order valence-corrected chi connectivity index (χ0v) is 18.3. The third-order valence-electron chi connectivity index (χ3n) is 4.74. The Hall–Kier alpha value is -2.96. The molecule has 8 nitrogen and oxygen atoms in total. The standard InChI is InChI=1S/C20H21ClN6O2S/c1-4-16(17(28)24-18-14(9-22)11(2)12(3)29-18)27-19(23)25-26-20(27)30-10-13-7-5-6-8-15(13)21/h5-8,16H,4,10H2,1-3H3,(H2,23,25)(H,24,28). The summed E-state index contributed by atoms with van der Waals surface area (Å²) in [6.07, 6.45) is 0.439. The number of nitrogens with one attached hydrogen (secondary N) is 1. The molecule has 0 saturated carbocycles. The molecule has 0 aliphatic carbocycles. The second-order valence-corrected chi connectivity index (χ2v) is 7.95. The van der Waals surface area contributed by atoms with Gasteiger partial charge in [-0.3, -0.25) is 14.7 Å². The number of carbonyl (C=O) groups is 1. The van der Waals surface area contributed by atoms with Gasteiger partial charge in [0.2, 0.25) is 17.7 Å². The number of amides is 1. The van der Waals surface area contributed by atoms with Crippen molar-refractivity contribution in [1.82, 2.24) is 14.8 Å². The fourth-order valence-electron chi connectivity index (χ4n) is 2.97. The van der Waals surface area contributed by atoms with E-state index in [1.165, 1.54) is 11.8 Å². The van der Waals surface area contributed by atoms with E-state index in [9.17, 15) is 10.1 Å². The summed E-state index contributed by atoms with van der Waals surface area (Å²) in [5.74, 6) is 1.02. The molecule has 0 aliphatic rings. The molecule has 1 atom stereocenters. The van der Waals surface area contributed by atoms with Crippen LogP contribution in [0, 0.1) is 25.2 Å². The van der Waals surface area contributed by atoms with E-state index in [1.807, 2.05) is 31.2 Å². The molecule has 0 bridgehead atoms. The van der Waals surface area contributed by atoms with Crippen LogP contribution < -0.4 is 11.1 Å². The third kappa shape index (κ3) is 4.30. The molecule has 3 rings (SSSR count). The van der Waals surface area contributed by atoms with Gasteiger partial charge in [-0.2, -0.15) is 5.26 Å². The first kappa shape index (κ1) is 21.7. The number of hydrogen-bond acceptors (Lipinski definition) is 7. The van der Waals surface area contributed by atoms with Crippen LogP contribution in [0.4, 0.5) is 11.8 Å². The summed E-state index contributed by atoms with van der Waals surface area (Å²) in [6.45, 7) is 5.37. The largest absolute Gasteiger partial charge is 0.444 e. The van der Waals surface area contributed by atoms with E-state index >= 15 is 0 Å². The average molecular weight is 445 g/mol. The van der Waals surface area contributed by atoms with Gasteiger partial charge in [-0.15, -0.1) is 10.2 Å². The van der Waals surface area contributed by atoms with E-state index in [0.717, 1.165) is 5.56 Å². The van der Waals surface area contributed by atoms with Crippen LogP contribution in [-0.4, -0.2) is 20.7 Å². The van der Waals surface area contributed by atoms with Crippen LogP contribution in [0.3, 0.4) is 0 Å². The Morgan fingerprint density at radius 3 is 2.80 bits per heavy atom. The first-order chi connectivity index (χ1) is 14.4. The number of halogens is 1.